The zero-order valence-electron chi connectivity index (χ0n) is 13.7. The molecule has 1 aliphatic rings. The van der Waals surface area contributed by atoms with Crippen LogP contribution in [0.2, 0.25) is 0 Å². The van der Waals surface area contributed by atoms with Gasteiger partial charge in [0.25, 0.3) is 0 Å². The SMILES string of the molecule is CN(CC(=O)NCc1cc(F)cc(F)c1)Cc1ccc2c(c1)OCO2. The van der Waals surface area contributed by atoms with E-state index in [0.29, 0.717) is 23.6 Å². The van der Waals surface area contributed by atoms with E-state index in [1.165, 1.54) is 12.1 Å². The Balaban J connectivity index is 1.49. The van der Waals surface area contributed by atoms with Gasteiger partial charge < -0.3 is 14.8 Å². The monoisotopic (exact) mass is 348 g/mol. The summed E-state index contributed by atoms with van der Waals surface area (Å²) >= 11 is 0. The van der Waals surface area contributed by atoms with Gasteiger partial charge in [-0.25, -0.2) is 8.78 Å². The third-order valence-corrected chi connectivity index (χ3v) is 3.72. The Morgan fingerprint density at radius 3 is 2.56 bits per heavy atom. The van der Waals surface area contributed by atoms with Crippen LogP contribution in [0.1, 0.15) is 11.1 Å². The Labute approximate surface area is 144 Å². The summed E-state index contributed by atoms with van der Waals surface area (Å²) in [5.41, 5.74) is 1.37. The molecule has 0 saturated heterocycles. The minimum absolute atomic E-state index is 0.0748. The van der Waals surface area contributed by atoms with E-state index >= 15 is 0 Å². The molecular weight excluding hydrogens is 330 g/mol. The van der Waals surface area contributed by atoms with Crippen molar-refractivity contribution >= 4 is 5.91 Å². The number of ether oxygens (including phenoxy) is 2. The molecule has 0 radical (unpaired) electrons. The molecule has 1 N–H and O–H groups in total. The lowest BCUT2D eigenvalue weighted by Crippen LogP contribution is -2.34. The molecule has 0 fully saturated rings. The quantitative estimate of drug-likeness (QED) is 0.871. The van der Waals surface area contributed by atoms with Crippen LogP contribution in [0.15, 0.2) is 36.4 Å². The number of rotatable bonds is 6. The van der Waals surface area contributed by atoms with Crippen molar-refractivity contribution in [2.75, 3.05) is 20.4 Å². The second-order valence-electron chi connectivity index (χ2n) is 5.91. The fourth-order valence-electron chi connectivity index (χ4n) is 2.62. The summed E-state index contributed by atoms with van der Waals surface area (Å²) in [7, 11) is 1.81. The molecule has 2 aromatic rings. The van der Waals surface area contributed by atoms with Gasteiger partial charge in [0.2, 0.25) is 12.7 Å². The second kappa shape index (κ2) is 7.48. The molecule has 1 amide bonds. The minimum Gasteiger partial charge on any atom is -0.454 e. The van der Waals surface area contributed by atoms with Crippen molar-refractivity contribution in [1.29, 1.82) is 0 Å². The van der Waals surface area contributed by atoms with Gasteiger partial charge in [0.15, 0.2) is 11.5 Å². The van der Waals surface area contributed by atoms with E-state index in [1.807, 2.05) is 30.1 Å². The van der Waals surface area contributed by atoms with Crippen LogP contribution >= 0.6 is 0 Å². The van der Waals surface area contributed by atoms with Gasteiger partial charge in [0.05, 0.1) is 6.54 Å². The van der Waals surface area contributed by atoms with E-state index in [1.54, 1.807) is 0 Å². The number of hydrogen-bond donors (Lipinski definition) is 1. The Kier molecular flexibility index (Phi) is 5.14. The number of halogens is 2. The average Bonchev–Trinajstić information content (AvgIpc) is 2.99. The number of carbonyl (C=O) groups is 1. The first-order valence-electron chi connectivity index (χ1n) is 7.78. The molecule has 0 bridgehead atoms. The highest BCUT2D eigenvalue weighted by Crippen LogP contribution is 2.32. The number of hydrogen-bond acceptors (Lipinski definition) is 4. The van der Waals surface area contributed by atoms with Crippen molar-refractivity contribution in [2.24, 2.45) is 0 Å². The summed E-state index contributed by atoms with van der Waals surface area (Å²) in [5.74, 6) is -0.142. The summed E-state index contributed by atoms with van der Waals surface area (Å²) < 4.78 is 36.8. The van der Waals surface area contributed by atoms with E-state index < -0.39 is 11.6 Å². The Hall–Kier alpha value is -2.67. The van der Waals surface area contributed by atoms with Crippen molar-refractivity contribution in [2.45, 2.75) is 13.1 Å². The molecule has 0 aliphatic carbocycles. The van der Waals surface area contributed by atoms with Crippen LogP contribution in [-0.2, 0) is 17.9 Å². The Morgan fingerprint density at radius 1 is 1.08 bits per heavy atom. The third kappa shape index (κ3) is 4.67. The van der Waals surface area contributed by atoms with Crippen LogP contribution in [0.4, 0.5) is 8.78 Å². The van der Waals surface area contributed by atoms with Gasteiger partial charge >= 0.3 is 0 Å². The van der Waals surface area contributed by atoms with Crippen molar-refractivity contribution < 1.29 is 23.0 Å². The van der Waals surface area contributed by atoms with Gasteiger partial charge in [-0.05, 0) is 42.4 Å². The topological polar surface area (TPSA) is 50.8 Å². The molecular formula is C18H18F2N2O3. The highest BCUT2D eigenvalue weighted by Gasteiger charge is 2.14. The predicted octanol–water partition coefficient (Wildman–Crippen LogP) is 2.44. The van der Waals surface area contributed by atoms with E-state index in [2.05, 4.69) is 5.32 Å². The van der Waals surface area contributed by atoms with Crippen LogP contribution in [-0.4, -0.2) is 31.2 Å². The lowest BCUT2D eigenvalue weighted by Gasteiger charge is -2.16. The zero-order chi connectivity index (χ0) is 17.8. The predicted molar refractivity (Wildman–Crippen MR) is 87.1 cm³/mol. The highest BCUT2D eigenvalue weighted by atomic mass is 19.1. The summed E-state index contributed by atoms with van der Waals surface area (Å²) in [4.78, 5) is 13.8. The summed E-state index contributed by atoms with van der Waals surface area (Å²) in [5, 5.41) is 2.65. The number of fused-ring (bicyclic) bond motifs is 1. The van der Waals surface area contributed by atoms with E-state index in [0.717, 1.165) is 11.6 Å². The van der Waals surface area contributed by atoms with Crippen molar-refractivity contribution in [3.05, 3.63) is 59.2 Å². The maximum atomic E-state index is 13.1. The molecule has 0 unspecified atom stereocenters. The smallest absolute Gasteiger partial charge is 0.234 e. The fraction of sp³-hybridized carbons (Fsp3) is 0.278. The van der Waals surface area contributed by atoms with Gasteiger partial charge in [-0.2, -0.15) is 0 Å². The van der Waals surface area contributed by atoms with E-state index in [-0.39, 0.29) is 25.8 Å². The second-order valence-corrected chi connectivity index (χ2v) is 5.91. The number of nitrogens with one attached hydrogen (secondary N) is 1. The third-order valence-electron chi connectivity index (χ3n) is 3.72. The number of amides is 1. The van der Waals surface area contributed by atoms with E-state index in [4.69, 9.17) is 9.47 Å². The highest BCUT2D eigenvalue weighted by molar-refractivity contribution is 5.77. The number of carbonyl (C=O) groups excluding carboxylic acids is 1. The molecule has 3 rings (SSSR count). The molecule has 0 spiro atoms. The largest absolute Gasteiger partial charge is 0.454 e. The van der Waals surface area contributed by atoms with Crippen LogP contribution < -0.4 is 14.8 Å². The van der Waals surface area contributed by atoms with Gasteiger partial charge in [-0.1, -0.05) is 6.07 Å². The van der Waals surface area contributed by atoms with Crippen LogP contribution in [0, 0.1) is 11.6 Å². The fourth-order valence-corrected chi connectivity index (χ4v) is 2.62. The molecule has 0 atom stereocenters. The van der Waals surface area contributed by atoms with Gasteiger partial charge in [-0.15, -0.1) is 0 Å². The molecule has 1 heterocycles. The maximum Gasteiger partial charge on any atom is 0.234 e. The average molecular weight is 348 g/mol. The summed E-state index contributed by atoms with van der Waals surface area (Å²) in [6, 6.07) is 8.82. The number of benzene rings is 2. The van der Waals surface area contributed by atoms with Gasteiger partial charge in [0.1, 0.15) is 11.6 Å². The normalized spacial score (nSPS) is 12.5. The molecule has 5 nitrogen and oxygen atoms in total. The van der Waals surface area contributed by atoms with E-state index in [9.17, 15) is 13.6 Å². The van der Waals surface area contributed by atoms with Crippen molar-refractivity contribution in [3.8, 4) is 11.5 Å². The van der Waals surface area contributed by atoms with Gasteiger partial charge in [-0.3, -0.25) is 9.69 Å². The van der Waals surface area contributed by atoms with Crippen LogP contribution in [0.25, 0.3) is 0 Å². The molecule has 0 aromatic heterocycles. The molecule has 25 heavy (non-hydrogen) atoms. The summed E-state index contributed by atoms with van der Waals surface area (Å²) in [6.45, 7) is 1.01. The first-order valence-corrected chi connectivity index (χ1v) is 7.78. The number of likely N-dealkylation sites (N-methyl/N-ethyl adjacent to an activating group) is 1. The van der Waals surface area contributed by atoms with Gasteiger partial charge in [0, 0.05) is 19.2 Å². The van der Waals surface area contributed by atoms with Crippen LogP contribution in [0.5, 0.6) is 11.5 Å². The first kappa shape index (κ1) is 17.2. The van der Waals surface area contributed by atoms with Crippen LogP contribution in [0.3, 0.4) is 0 Å². The van der Waals surface area contributed by atoms with Crippen molar-refractivity contribution in [3.63, 3.8) is 0 Å². The lowest BCUT2D eigenvalue weighted by molar-refractivity contribution is -0.122. The zero-order valence-corrected chi connectivity index (χ0v) is 13.7. The first-order chi connectivity index (χ1) is 12.0. The van der Waals surface area contributed by atoms with Crippen molar-refractivity contribution in [1.82, 2.24) is 10.2 Å². The summed E-state index contributed by atoms with van der Waals surface area (Å²) in [6.07, 6.45) is 0. The Morgan fingerprint density at radius 2 is 1.80 bits per heavy atom. The molecule has 0 saturated carbocycles. The lowest BCUT2D eigenvalue weighted by atomic mass is 10.2. The standard InChI is InChI=1S/C18H18F2N2O3/c1-22(9-12-2-3-16-17(6-12)25-11-24-16)10-18(23)21-8-13-4-14(19)7-15(20)5-13/h2-7H,8-11H2,1H3,(H,21,23). The number of nitrogens with zero attached hydrogens (tertiary/aromatic N) is 1. The molecule has 7 heteroatoms. The minimum atomic E-state index is -0.663. The molecule has 1 aliphatic heterocycles. The maximum absolute atomic E-state index is 13.1. The molecule has 132 valence electrons. The Bertz CT molecular complexity index is 763. The molecule has 2 aromatic carbocycles.